The summed E-state index contributed by atoms with van der Waals surface area (Å²) in [5.41, 5.74) is 5.52. The molecule has 1 aliphatic rings. The van der Waals surface area contributed by atoms with E-state index in [2.05, 4.69) is 90.0 Å². The lowest BCUT2D eigenvalue weighted by molar-refractivity contribution is 0.0714. The highest BCUT2D eigenvalue weighted by Crippen LogP contribution is 2.32. The summed E-state index contributed by atoms with van der Waals surface area (Å²) in [4.78, 5) is 27.9. The number of hydrogen-bond acceptors (Lipinski definition) is 6. The van der Waals surface area contributed by atoms with E-state index in [0.717, 1.165) is 40.1 Å². The number of halogens is 1. The number of benzene rings is 4. The van der Waals surface area contributed by atoms with Crippen molar-refractivity contribution in [2.75, 3.05) is 18.4 Å². The maximum Gasteiger partial charge on any atom is 0.270 e. The molecule has 6 aromatic rings. The second kappa shape index (κ2) is 12.9. The molecular weight excluding hydrogens is 628 g/mol. The van der Waals surface area contributed by atoms with Gasteiger partial charge in [0.1, 0.15) is 23.0 Å². The molecule has 1 saturated heterocycles. The number of aromatic nitrogens is 3. The molecule has 0 spiro atoms. The number of likely N-dealkylation sites (tertiary alicyclic amines) is 1. The summed E-state index contributed by atoms with van der Waals surface area (Å²) in [6.45, 7) is 2.06. The first-order valence-electron chi connectivity index (χ1n) is 14.8. The van der Waals surface area contributed by atoms with Crippen LogP contribution in [0.5, 0.6) is 11.5 Å². The predicted molar refractivity (Wildman–Crippen MR) is 179 cm³/mol. The molecule has 45 heavy (non-hydrogen) atoms. The molecule has 9 heteroatoms. The number of nitrogens with zero attached hydrogens (tertiary/aromatic N) is 3. The molecule has 0 radical (unpaired) electrons. The summed E-state index contributed by atoms with van der Waals surface area (Å²) in [7, 11) is 0. The van der Waals surface area contributed by atoms with E-state index in [1.165, 1.54) is 11.1 Å². The van der Waals surface area contributed by atoms with E-state index in [1.54, 1.807) is 18.3 Å². The van der Waals surface area contributed by atoms with Gasteiger partial charge in [-0.05, 0) is 53.6 Å². The van der Waals surface area contributed by atoms with Crippen LogP contribution in [0.1, 0.15) is 33.5 Å². The number of aromatic amines is 1. The molecule has 3 heterocycles. The van der Waals surface area contributed by atoms with Crippen LogP contribution in [0.4, 0.5) is 5.69 Å². The van der Waals surface area contributed by atoms with Gasteiger partial charge in [-0.3, -0.25) is 14.7 Å². The summed E-state index contributed by atoms with van der Waals surface area (Å²) in [5.74, 6) is 1.76. The van der Waals surface area contributed by atoms with E-state index in [9.17, 15) is 4.79 Å². The van der Waals surface area contributed by atoms with Crippen LogP contribution < -0.4 is 15.4 Å². The first-order valence-corrected chi connectivity index (χ1v) is 15.6. The fraction of sp³-hybridized carbons (Fsp3) is 0.139. The van der Waals surface area contributed by atoms with Crippen molar-refractivity contribution in [3.63, 3.8) is 0 Å². The largest absolute Gasteiger partial charge is 0.457 e. The summed E-state index contributed by atoms with van der Waals surface area (Å²) in [5, 5.41) is 6.52. The van der Waals surface area contributed by atoms with Crippen molar-refractivity contribution in [3.8, 4) is 11.5 Å². The minimum atomic E-state index is -0.216. The van der Waals surface area contributed by atoms with E-state index >= 15 is 0 Å². The molecule has 8 nitrogen and oxygen atoms in total. The molecule has 1 fully saturated rings. The lowest BCUT2D eigenvalue weighted by atomic mass is 9.93. The van der Waals surface area contributed by atoms with Crippen molar-refractivity contribution < 1.29 is 9.53 Å². The molecule has 0 bridgehead atoms. The molecule has 0 saturated carbocycles. The van der Waals surface area contributed by atoms with Crippen LogP contribution in [-0.2, 0) is 6.54 Å². The lowest BCUT2D eigenvalue weighted by Gasteiger charge is -2.45. The summed E-state index contributed by atoms with van der Waals surface area (Å²) in [6, 6.07) is 38.3. The number of rotatable bonds is 10. The third kappa shape index (κ3) is 6.74. The van der Waals surface area contributed by atoms with Gasteiger partial charge < -0.3 is 20.4 Å². The molecular formula is C36H31BrN6O2. The second-order valence-corrected chi connectivity index (χ2v) is 12.0. The van der Waals surface area contributed by atoms with Crippen molar-refractivity contribution in [3.05, 3.63) is 149 Å². The standard InChI is InChI=1S/C36H31BrN6O2/c37-26-11-13-27(14-12-26)39-21-34-41-31-16-15-29(19-32(31)42-34)45-30-17-18-38-33(20-30)36(44)40-28-22-43(23-28)35(24-7-3-1-4-8-24)25-9-5-2-6-10-25/h1-20,28,35,39H,21-23H2,(H,40,44)(H,41,42). The average Bonchev–Trinajstić information content (AvgIpc) is 3.47. The number of anilines is 1. The van der Waals surface area contributed by atoms with Gasteiger partial charge >= 0.3 is 0 Å². The number of carbonyl (C=O) groups excluding carboxylic acids is 1. The van der Waals surface area contributed by atoms with Crippen LogP contribution >= 0.6 is 15.9 Å². The third-order valence-corrected chi connectivity index (χ3v) is 8.38. The molecule has 1 aliphatic heterocycles. The van der Waals surface area contributed by atoms with Crippen molar-refractivity contribution >= 4 is 38.6 Å². The quantitative estimate of drug-likeness (QED) is 0.143. The molecule has 2 aromatic heterocycles. The highest BCUT2D eigenvalue weighted by Gasteiger charge is 2.35. The van der Waals surface area contributed by atoms with Crippen molar-refractivity contribution in [2.24, 2.45) is 0 Å². The van der Waals surface area contributed by atoms with Gasteiger partial charge in [0.25, 0.3) is 5.91 Å². The van der Waals surface area contributed by atoms with Crippen molar-refractivity contribution in [1.82, 2.24) is 25.2 Å². The van der Waals surface area contributed by atoms with Crippen LogP contribution in [-0.4, -0.2) is 44.9 Å². The maximum absolute atomic E-state index is 13.2. The number of carbonyl (C=O) groups is 1. The Kier molecular flexibility index (Phi) is 8.27. The Bertz CT molecular complexity index is 1870. The van der Waals surface area contributed by atoms with Crippen LogP contribution in [0.25, 0.3) is 11.0 Å². The lowest BCUT2D eigenvalue weighted by Crippen LogP contribution is -2.60. The fourth-order valence-electron chi connectivity index (χ4n) is 5.63. The smallest absolute Gasteiger partial charge is 0.270 e. The molecule has 0 aliphatic carbocycles. The van der Waals surface area contributed by atoms with Crippen LogP contribution in [0.2, 0.25) is 0 Å². The highest BCUT2D eigenvalue weighted by molar-refractivity contribution is 9.10. The Morgan fingerprint density at radius 1 is 0.889 bits per heavy atom. The third-order valence-electron chi connectivity index (χ3n) is 7.85. The van der Waals surface area contributed by atoms with E-state index in [0.29, 0.717) is 23.7 Å². The van der Waals surface area contributed by atoms with E-state index in [-0.39, 0.29) is 18.0 Å². The van der Waals surface area contributed by atoms with Crippen molar-refractivity contribution in [1.29, 1.82) is 0 Å². The number of amides is 1. The number of H-pyrrole nitrogens is 1. The van der Waals surface area contributed by atoms with Gasteiger partial charge in [-0.25, -0.2) is 4.98 Å². The number of hydrogen-bond donors (Lipinski definition) is 3. The van der Waals surface area contributed by atoms with Crippen molar-refractivity contribution in [2.45, 2.75) is 18.6 Å². The van der Waals surface area contributed by atoms with Gasteiger partial charge in [-0.2, -0.15) is 0 Å². The Morgan fingerprint density at radius 3 is 2.29 bits per heavy atom. The van der Waals surface area contributed by atoms with Crippen LogP contribution in [0.3, 0.4) is 0 Å². The Labute approximate surface area is 269 Å². The molecule has 0 unspecified atom stereocenters. The predicted octanol–water partition coefficient (Wildman–Crippen LogP) is 7.33. The highest BCUT2D eigenvalue weighted by atomic mass is 79.9. The molecule has 4 aromatic carbocycles. The fourth-order valence-corrected chi connectivity index (χ4v) is 5.90. The molecule has 224 valence electrons. The zero-order valence-corrected chi connectivity index (χ0v) is 25.9. The number of ether oxygens (including phenoxy) is 1. The summed E-state index contributed by atoms with van der Waals surface area (Å²) >= 11 is 3.46. The molecule has 1 amide bonds. The van der Waals surface area contributed by atoms with Gasteiger partial charge in [0.05, 0.1) is 29.7 Å². The number of pyridine rings is 1. The minimum Gasteiger partial charge on any atom is -0.457 e. The molecule has 7 rings (SSSR count). The van der Waals surface area contributed by atoms with E-state index < -0.39 is 0 Å². The topological polar surface area (TPSA) is 95.2 Å². The average molecular weight is 660 g/mol. The van der Waals surface area contributed by atoms with Gasteiger partial charge in [0.15, 0.2) is 0 Å². The van der Waals surface area contributed by atoms with E-state index in [1.807, 2.05) is 54.6 Å². The molecule has 0 atom stereocenters. The first kappa shape index (κ1) is 28.8. The normalized spacial score (nSPS) is 13.5. The number of fused-ring (bicyclic) bond motifs is 1. The van der Waals surface area contributed by atoms with Gasteiger partial charge in [-0.1, -0.05) is 76.6 Å². The van der Waals surface area contributed by atoms with Crippen LogP contribution in [0.15, 0.2) is 126 Å². The van der Waals surface area contributed by atoms with Crippen LogP contribution in [0, 0.1) is 0 Å². The zero-order chi connectivity index (χ0) is 30.6. The Morgan fingerprint density at radius 2 is 1.58 bits per heavy atom. The first-order chi connectivity index (χ1) is 22.1. The van der Waals surface area contributed by atoms with Gasteiger partial charge in [0.2, 0.25) is 0 Å². The summed E-state index contributed by atoms with van der Waals surface area (Å²) < 4.78 is 7.15. The van der Waals surface area contributed by atoms with Gasteiger partial charge in [-0.15, -0.1) is 0 Å². The second-order valence-electron chi connectivity index (χ2n) is 11.0. The number of imidazole rings is 1. The number of nitrogens with one attached hydrogen (secondary N) is 3. The molecule has 3 N–H and O–H groups in total. The Hall–Kier alpha value is -4.99. The maximum atomic E-state index is 13.2. The monoisotopic (exact) mass is 658 g/mol. The SMILES string of the molecule is O=C(NC1CN(C(c2ccccc2)c2ccccc2)C1)c1cc(Oc2ccc3[nH]c(CNc4ccc(Br)cc4)nc3c2)ccn1. The minimum absolute atomic E-state index is 0.0355. The van der Waals surface area contributed by atoms with E-state index in [4.69, 9.17) is 9.72 Å². The zero-order valence-electron chi connectivity index (χ0n) is 24.4. The Balaban J connectivity index is 0.968. The van der Waals surface area contributed by atoms with Gasteiger partial charge in [0, 0.05) is 41.6 Å². The summed E-state index contributed by atoms with van der Waals surface area (Å²) in [6.07, 6.45) is 1.59.